The summed E-state index contributed by atoms with van der Waals surface area (Å²) in [5, 5.41) is 14.5. The van der Waals surface area contributed by atoms with E-state index in [4.69, 9.17) is 49.3 Å². The van der Waals surface area contributed by atoms with Crippen molar-refractivity contribution in [2.24, 2.45) is 0 Å². The zero-order chi connectivity index (χ0) is 79.1. The first-order valence-corrected chi connectivity index (χ1v) is 41.4. The second-order valence-corrected chi connectivity index (χ2v) is 31.6. The van der Waals surface area contributed by atoms with Gasteiger partial charge in [-0.05, 0) is 78.9 Å². The topological polar surface area (TPSA) is 144 Å². The quantitative estimate of drug-likeness (QED) is 0.130. The molecule has 16 aromatic carbocycles. The molecule has 0 saturated heterocycles. The highest BCUT2D eigenvalue weighted by atomic mass is 32.1. The Bertz CT molecular complexity index is 8100. The molecule has 0 aliphatic rings. The van der Waals surface area contributed by atoms with Gasteiger partial charge in [0.25, 0.3) is 0 Å². The van der Waals surface area contributed by atoms with Gasteiger partial charge in [0.15, 0.2) is 40.8 Å². The summed E-state index contributed by atoms with van der Waals surface area (Å²) in [7, 11) is 0. The van der Waals surface area contributed by atoms with Crippen LogP contribution in [0, 0.1) is 0 Å². The zero-order valence-corrected chi connectivity index (χ0v) is 65.7. The molecule has 0 atom stereocenters. The molecule has 15 heteroatoms. The van der Waals surface area contributed by atoms with E-state index in [1.165, 1.54) is 61.9 Å². The van der Waals surface area contributed by atoms with Gasteiger partial charge in [-0.15, -0.1) is 22.7 Å². The summed E-state index contributed by atoms with van der Waals surface area (Å²) in [6.45, 7) is 0. The molecule has 120 heavy (non-hydrogen) atoms. The molecule has 13 nitrogen and oxygen atoms in total. The summed E-state index contributed by atoms with van der Waals surface area (Å²) in [6, 6.07) is 133. The maximum Gasteiger partial charge on any atom is 0.238 e. The number of furan rings is 1. The molecule has 0 radical (unpaired) electrons. The van der Waals surface area contributed by atoms with E-state index in [0.29, 0.717) is 52.7 Å². The number of hydrogen-bond acceptors (Lipinski definition) is 12. The van der Waals surface area contributed by atoms with Gasteiger partial charge in [0.1, 0.15) is 11.2 Å². The molecule has 0 aliphatic heterocycles. The standard InChI is InChI=1S/C39H24N4O.2C33H20N4S/c1-3-11-25(12-4-1)37-40-38(26-13-5-2-6-14-26)42-39(41-37)27-19-21-28(22-20-27)43-32-17-9-7-16-31(32)35-33(43)24-23-30-29-15-8-10-18-34(29)44-36(30)35;1-3-11-21(12-4-1)31-34-32(22-13-5-2-6-14-22)36-33(35-31)37-26-17-9-7-16-25(26)29-27(37)20-19-24-23-15-8-10-18-28(23)38-30(24)29;1-3-11-21(12-4-1)31-34-32(22-13-5-2-6-14-22)36-33(35-31)37-27-17-9-7-15-23(27)25-19-20-26-24-16-8-10-18-28(24)38-30(26)29(25)37/h1-24H;2*1-20H. The summed E-state index contributed by atoms with van der Waals surface area (Å²) >= 11 is 3.67. The molecule has 0 aliphatic carbocycles. The molecule has 25 aromatic rings. The lowest BCUT2D eigenvalue weighted by atomic mass is 10.1. The molecule has 9 aromatic heterocycles. The minimum atomic E-state index is 0.615. The first kappa shape index (κ1) is 69.7. The maximum absolute atomic E-state index is 6.46. The van der Waals surface area contributed by atoms with Gasteiger partial charge in [-0.3, -0.25) is 9.13 Å². The van der Waals surface area contributed by atoms with Crippen LogP contribution in [0.5, 0.6) is 0 Å². The lowest BCUT2D eigenvalue weighted by Gasteiger charge is -2.11. The number of aromatic nitrogens is 12. The Kier molecular flexibility index (Phi) is 16.9. The minimum Gasteiger partial charge on any atom is -0.455 e. The Morgan fingerprint density at radius 1 is 0.200 bits per heavy atom. The van der Waals surface area contributed by atoms with Gasteiger partial charge in [0, 0.05) is 118 Å². The predicted molar refractivity (Wildman–Crippen MR) is 494 cm³/mol. The Morgan fingerprint density at radius 2 is 0.525 bits per heavy atom. The van der Waals surface area contributed by atoms with Crippen LogP contribution in [0.3, 0.4) is 0 Å². The van der Waals surface area contributed by atoms with Crippen LogP contribution in [-0.4, -0.2) is 58.6 Å². The van der Waals surface area contributed by atoms with Gasteiger partial charge in [-0.25, -0.2) is 24.9 Å². The van der Waals surface area contributed by atoms with E-state index in [2.05, 4.69) is 208 Å². The molecule has 0 N–H and O–H groups in total. The van der Waals surface area contributed by atoms with Gasteiger partial charge in [0.05, 0.1) is 43.2 Å². The van der Waals surface area contributed by atoms with Crippen LogP contribution >= 0.6 is 22.7 Å². The van der Waals surface area contributed by atoms with Crippen molar-refractivity contribution < 1.29 is 4.42 Å². The summed E-state index contributed by atoms with van der Waals surface area (Å²) in [6.07, 6.45) is 0. The molecule has 0 amide bonds. The third kappa shape index (κ3) is 12.0. The lowest BCUT2D eigenvalue weighted by Crippen LogP contribution is -2.06. The van der Waals surface area contributed by atoms with Crippen molar-refractivity contribution in [1.82, 2.24) is 58.6 Å². The van der Waals surface area contributed by atoms with Crippen molar-refractivity contribution >= 4 is 150 Å². The van der Waals surface area contributed by atoms with Crippen LogP contribution in [0.4, 0.5) is 0 Å². The van der Waals surface area contributed by atoms with Crippen molar-refractivity contribution in [1.29, 1.82) is 0 Å². The largest absolute Gasteiger partial charge is 0.455 e. The Hall–Kier alpha value is -15.8. The number of rotatable bonds is 10. The summed E-state index contributed by atoms with van der Waals surface area (Å²) in [5.41, 5.74) is 16.1. The van der Waals surface area contributed by atoms with Crippen molar-refractivity contribution in [3.8, 4) is 97.3 Å². The highest BCUT2D eigenvalue weighted by Gasteiger charge is 2.26. The van der Waals surface area contributed by atoms with Gasteiger partial charge >= 0.3 is 0 Å². The molecule has 0 unspecified atom stereocenters. The van der Waals surface area contributed by atoms with Gasteiger partial charge < -0.3 is 8.98 Å². The van der Waals surface area contributed by atoms with E-state index in [-0.39, 0.29) is 0 Å². The number of nitrogens with zero attached hydrogens (tertiary/aromatic N) is 12. The molecular weight excluding hydrogens is 1510 g/mol. The molecule has 0 saturated carbocycles. The number of hydrogen-bond donors (Lipinski definition) is 0. The minimum absolute atomic E-state index is 0.615. The number of para-hydroxylation sites is 4. The third-order valence-electron chi connectivity index (χ3n) is 22.4. The maximum atomic E-state index is 6.46. The smallest absolute Gasteiger partial charge is 0.238 e. The summed E-state index contributed by atoms with van der Waals surface area (Å²) in [5.74, 6) is 5.79. The molecule has 9 heterocycles. The number of benzene rings is 16. The molecule has 0 spiro atoms. The first-order chi connectivity index (χ1) is 59.5. The van der Waals surface area contributed by atoms with Crippen LogP contribution in [0.2, 0.25) is 0 Å². The molecular formula is C105H64N12OS2. The van der Waals surface area contributed by atoms with Crippen LogP contribution in [0.15, 0.2) is 393 Å². The van der Waals surface area contributed by atoms with E-state index in [9.17, 15) is 0 Å². The molecule has 562 valence electrons. The van der Waals surface area contributed by atoms with Crippen LogP contribution in [0.25, 0.3) is 225 Å². The fourth-order valence-corrected chi connectivity index (χ4v) is 19.4. The average molecular weight is 1570 g/mol. The lowest BCUT2D eigenvalue weighted by molar-refractivity contribution is 0.673. The first-order valence-electron chi connectivity index (χ1n) is 39.7. The number of fused-ring (bicyclic) bond motifs is 21. The predicted octanol–water partition coefficient (Wildman–Crippen LogP) is 27.2. The zero-order valence-electron chi connectivity index (χ0n) is 64.0. The van der Waals surface area contributed by atoms with E-state index in [0.717, 1.165) is 110 Å². The van der Waals surface area contributed by atoms with Gasteiger partial charge in [0.2, 0.25) is 11.9 Å². The summed E-state index contributed by atoms with van der Waals surface area (Å²) in [4.78, 5) is 44.7. The van der Waals surface area contributed by atoms with E-state index in [1.807, 2.05) is 217 Å². The Morgan fingerprint density at radius 3 is 1.01 bits per heavy atom. The van der Waals surface area contributed by atoms with Crippen LogP contribution in [-0.2, 0) is 0 Å². The van der Waals surface area contributed by atoms with Gasteiger partial charge in [-0.1, -0.05) is 309 Å². The second-order valence-electron chi connectivity index (χ2n) is 29.5. The summed E-state index contributed by atoms with van der Waals surface area (Å²) < 4.78 is 18.3. The van der Waals surface area contributed by atoms with Gasteiger partial charge in [-0.2, -0.15) is 19.9 Å². The van der Waals surface area contributed by atoms with Crippen molar-refractivity contribution in [2.75, 3.05) is 0 Å². The molecule has 25 rings (SSSR count). The number of thiophene rings is 2. The van der Waals surface area contributed by atoms with Crippen molar-refractivity contribution in [3.05, 3.63) is 388 Å². The highest BCUT2D eigenvalue weighted by molar-refractivity contribution is 7.27. The average Bonchev–Trinajstić information content (AvgIpc) is 1.57. The highest BCUT2D eigenvalue weighted by Crippen LogP contribution is 2.47. The van der Waals surface area contributed by atoms with Crippen molar-refractivity contribution in [2.45, 2.75) is 0 Å². The van der Waals surface area contributed by atoms with E-state index in [1.54, 1.807) is 0 Å². The van der Waals surface area contributed by atoms with Crippen LogP contribution < -0.4 is 0 Å². The van der Waals surface area contributed by atoms with E-state index < -0.39 is 0 Å². The Balaban J connectivity index is 0.000000105. The third-order valence-corrected chi connectivity index (χ3v) is 24.8. The van der Waals surface area contributed by atoms with Crippen molar-refractivity contribution in [3.63, 3.8) is 0 Å². The SMILES string of the molecule is c1ccc(-c2nc(-c3ccccc3)nc(-c3ccc(-n4c5ccccc5c5c6oc7ccccc7c6ccc54)cc3)n2)cc1.c1ccc(-c2nc(-c3ccccc3)nc(-n3c4ccccc4c4c5sc6ccccc6c5ccc43)n2)cc1.c1ccc(-c2nc(-c3ccccc3)nc(-n3c4ccccc4c4ccc5c6ccccc6sc5c43)n2)cc1. The fourth-order valence-electron chi connectivity index (χ4n) is 16.9. The normalized spacial score (nSPS) is 11.7. The monoisotopic (exact) mass is 1570 g/mol. The Labute approximate surface area is 694 Å². The van der Waals surface area contributed by atoms with E-state index >= 15 is 0 Å². The molecule has 0 bridgehead atoms. The van der Waals surface area contributed by atoms with Crippen LogP contribution in [0.1, 0.15) is 0 Å². The fraction of sp³-hybridized carbons (Fsp3) is 0. The second kappa shape index (κ2) is 29.2. The molecule has 0 fully saturated rings.